The molecule has 4 heteroatoms. The average Bonchev–Trinajstić information content (AvgIpc) is 2.72. The molecule has 0 aliphatic carbocycles. The van der Waals surface area contributed by atoms with Gasteiger partial charge in [-0.2, -0.15) is 13.2 Å². The fourth-order valence-corrected chi connectivity index (χ4v) is 3.85. The van der Waals surface area contributed by atoms with Crippen LogP contribution in [0.25, 0.3) is 0 Å². The van der Waals surface area contributed by atoms with Crippen LogP contribution in [0.4, 0.5) is 13.2 Å². The number of benzene rings is 2. The first kappa shape index (κ1) is 24.2. The van der Waals surface area contributed by atoms with Crippen LogP contribution in [-0.4, -0.2) is 12.5 Å². The minimum Gasteiger partial charge on any atom is -0.303 e. The largest absolute Gasteiger partial charge is 0.389 e. The number of unbranched alkanes of at least 4 members (excludes halogenated alkanes) is 1. The molecule has 0 fully saturated rings. The normalized spacial score (nSPS) is 12.7. The third-order valence-electron chi connectivity index (χ3n) is 5.74. The zero-order valence-corrected chi connectivity index (χ0v) is 18.3. The highest BCUT2D eigenvalue weighted by Crippen LogP contribution is 2.25. The fourth-order valence-electron chi connectivity index (χ4n) is 3.85. The quantitative estimate of drug-likeness (QED) is 0.359. The highest BCUT2D eigenvalue weighted by atomic mass is 19.4. The summed E-state index contributed by atoms with van der Waals surface area (Å²) in [4.78, 5) is 11.8. The predicted molar refractivity (Wildman–Crippen MR) is 117 cm³/mol. The Hall–Kier alpha value is -2.10. The monoisotopic (exact) mass is 418 g/mol. The van der Waals surface area contributed by atoms with Crippen molar-refractivity contribution in [1.29, 1.82) is 0 Å². The summed E-state index contributed by atoms with van der Waals surface area (Å²) in [7, 11) is 0. The highest BCUT2D eigenvalue weighted by Gasteiger charge is 2.26. The average molecular weight is 419 g/mol. The van der Waals surface area contributed by atoms with E-state index >= 15 is 0 Å². The van der Waals surface area contributed by atoms with E-state index in [1.54, 1.807) is 0 Å². The van der Waals surface area contributed by atoms with Crippen molar-refractivity contribution in [3.05, 3.63) is 69.8 Å². The van der Waals surface area contributed by atoms with Crippen LogP contribution in [0.5, 0.6) is 0 Å². The molecule has 0 aliphatic rings. The zero-order chi connectivity index (χ0) is 22.1. The lowest BCUT2D eigenvalue weighted by Gasteiger charge is -2.17. The summed E-state index contributed by atoms with van der Waals surface area (Å²) in [5, 5.41) is 0. The number of aldehydes is 1. The molecule has 1 unspecified atom stereocenters. The Kier molecular flexibility index (Phi) is 9.13. The topological polar surface area (TPSA) is 17.1 Å². The third-order valence-corrected chi connectivity index (χ3v) is 5.74. The van der Waals surface area contributed by atoms with Gasteiger partial charge in [0.1, 0.15) is 6.29 Å². The summed E-state index contributed by atoms with van der Waals surface area (Å²) in [6.07, 6.45) is 1.44. The smallest absolute Gasteiger partial charge is 0.303 e. The number of hydrogen-bond donors (Lipinski definition) is 0. The first-order valence-corrected chi connectivity index (χ1v) is 11.0. The van der Waals surface area contributed by atoms with Crippen LogP contribution < -0.4 is 0 Å². The lowest BCUT2D eigenvalue weighted by atomic mass is 9.88. The number of carbonyl (C=O) groups is 1. The van der Waals surface area contributed by atoms with E-state index < -0.39 is 12.6 Å². The van der Waals surface area contributed by atoms with E-state index in [2.05, 4.69) is 32.0 Å². The van der Waals surface area contributed by atoms with Crippen molar-refractivity contribution in [2.75, 3.05) is 0 Å². The summed E-state index contributed by atoms with van der Waals surface area (Å²) in [5.41, 5.74) is 6.34. The molecule has 2 aromatic carbocycles. The molecule has 0 saturated heterocycles. The number of alkyl halides is 3. The maximum Gasteiger partial charge on any atom is 0.389 e. The Morgan fingerprint density at radius 1 is 0.900 bits per heavy atom. The second-order valence-corrected chi connectivity index (χ2v) is 8.24. The van der Waals surface area contributed by atoms with Gasteiger partial charge in [-0.25, -0.2) is 0 Å². The van der Waals surface area contributed by atoms with Gasteiger partial charge in [0, 0.05) is 12.3 Å². The molecular weight excluding hydrogens is 385 g/mol. The van der Waals surface area contributed by atoms with E-state index in [-0.39, 0.29) is 12.3 Å². The highest BCUT2D eigenvalue weighted by molar-refractivity contribution is 5.56. The maximum atomic E-state index is 12.6. The van der Waals surface area contributed by atoms with E-state index in [0.29, 0.717) is 18.4 Å². The molecule has 0 spiro atoms. The molecule has 0 N–H and O–H groups in total. The van der Waals surface area contributed by atoms with Crippen LogP contribution in [0.1, 0.15) is 66.5 Å². The molecule has 2 rings (SSSR count). The molecule has 0 radical (unpaired) electrons. The van der Waals surface area contributed by atoms with Gasteiger partial charge in [-0.1, -0.05) is 56.7 Å². The fraction of sp³-hybridized carbons (Fsp3) is 0.500. The Morgan fingerprint density at radius 2 is 1.60 bits per heavy atom. The van der Waals surface area contributed by atoms with Gasteiger partial charge < -0.3 is 4.79 Å². The second-order valence-electron chi connectivity index (χ2n) is 8.24. The molecule has 1 atom stereocenters. The summed E-state index contributed by atoms with van der Waals surface area (Å²) < 4.78 is 37.8. The van der Waals surface area contributed by atoms with E-state index in [1.165, 1.54) is 16.7 Å². The van der Waals surface area contributed by atoms with Gasteiger partial charge in [0.2, 0.25) is 0 Å². The first-order valence-electron chi connectivity index (χ1n) is 11.0. The van der Waals surface area contributed by atoms with Gasteiger partial charge in [0.25, 0.3) is 0 Å². The minimum atomic E-state index is -4.16. The van der Waals surface area contributed by atoms with Crippen molar-refractivity contribution in [3.8, 4) is 0 Å². The molecule has 0 amide bonds. The van der Waals surface area contributed by atoms with Gasteiger partial charge in [0.15, 0.2) is 0 Å². The zero-order valence-electron chi connectivity index (χ0n) is 18.3. The molecule has 30 heavy (non-hydrogen) atoms. The lowest BCUT2D eigenvalue weighted by molar-refractivity contribution is -0.134. The Bertz CT molecular complexity index is 824. The molecule has 164 valence electrons. The van der Waals surface area contributed by atoms with Gasteiger partial charge in [-0.05, 0) is 78.8 Å². The van der Waals surface area contributed by atoms with Crippen LogP contribution in [0.2, 0.25) is 0 Å². The Labute approximate surface area is 178 Å². The standard InChI is InChI=1S/C26H33F3O/c1-4-6-7-24-15-20(5-2)10-11-25(24)17-22(18-30)14-21-9-8-19(3)23(16-21)12-13-26(27,28)29/h8-11,15-16,18,22H,4-7,12-14,17H2,1-3H3. The number of hydrogen-bond acceptors (Lipinski definition) is 1. The van der Waals surface area contributed by atoms with Crippen LogP contribution >= 0.6 is 0 Å². The Balaban J connectivity index is 2.15. The summed E-state index contributed by atoms with van der Waals surface area (Å²) in [6.45, 7) is 6.15. The molecule has 0 bridgehead atoms. The first-order chi connectivity index (χ1) is 14.3. The van der Waals surface area contributed by atoms with E-state index in [9.17, 15) is 18.0 Å². The molecule has 0 aromatic heterocycles. The predicted octanol–water partition coefficient (Wildman–Crippen LogP) is 7.00. The second kappa shape index (κ2) is 11.3. The molecule has 0 aliphatic heterocycles. The van der Waals surface area contributed by atoms with Crippen molar-refractivity contribution < 1.29 is 18.0 Å². The van der Waals surface area contributed by atoms with Gasteiger partial charge in [0.05, 0.1) is 0 Å². The van der Waals surface area contributed by atoms with Crippen LogP contribution in [0, 0.1) is 12.8 Å². The van der Waals surface area contributed by atoms with Gasteiger partial charge >= 0.3 is 6.18 Å². The molecule has 0 saturated carbocycles. The van der Waals surface area contributed by atoms with Crippen molar-refractivity contribution in [2.45, 2.75) is 78.3 Å². The van der Waals surface area contributed by atoms with Gasteiger partial charge in [-0.3, -0.25) is 0 Å². The minimum absolute atomic E-state index is 0.0193. The SMILES string of the molecule is CCCCc1cc(CC)ccc1CC(C=O)Cc1ccc(C)c(CCC(F)(F)F)c1. The van der Waals surface area contributed by atoms with E-state index in [4.69, 9.17) is 0 Å². The maximum absolute atomic E-state index is 12.6. The van der Waals surface area contributed by atoms with Crippen LogP contribution in [0.15, 0.2) is 36.4 Å². The van der Waals surface area contributed by atoms with Crippen molar-refractivity contribution in [1.82, 2.24) is 0 Å². The number of carbonyl (C=O) groups excluding carboxylic acids is 1. The Morgan fingerprint density at radius 3 is 2.23 bits per heavy atom. The van der Waals surface area contributed by atoms with Crippen molar-refractivity contribution in [2.24, 2.45) is 5.92 Å². The molecule has 0 heterocycles. The van der Waals surface area contributed by atoms with Crippen molar-refractivity contribution >= 4 is 6.29 Å². The summed E-state index contributed by atoms with van der Waals surface area (Å²) in [6, 6.07) is 12.2. The summed E-state index contributed by atoms with van der Waals surface area (Å²) in [5.74, 6) is -0.184. The number of halogens is 3. The van der Waals surface area contributed by atoms with E-state index in [1.807, 2.05) is 25.1 Å². The third kappa shape index (κ3) is 7.62. The van der Waals surface area contributed by atoms with Crippen molar-refractivity contribution in [3.63, 3.8) is 0 Å². The molecule has 2 aromatic rings. The lowest BCUT2D eigenvalue weighted by Crippen LogP contribution is -2.13. The van der Waals surface area contributed by atoms with Crippen LogP contribution in [0.3, 0.4) is 0 Å². The van der Waals surface area contributed by atoms with E-state index in [0.717, 1.165) is 43.1 Å². The van der Waals surface area contributed by atoms with Gasteiger partial charge in [-0.15, -0.1) is 0 Å². The number of rotatable bonds is 11. The molecular formula is C26H33F3O. The molecule has 1 nitrogen and oxygen atoms in total. The summed E-state index contributed by atoms with van der Waals surface area (Å²) >= 11 is 0. The van der Waals surface area contributed by atoms with Crippen LogP contribution in [-0.2, 0) is 36.9 Å². The number of aryl methyl sites for hydroxylation is 4.